The van der Waals surface area contributed by atoms with Crippen LogP contribution in [0.25, 0.3) is 27.7 Å². The molecule has 0 saturated carbocycles. The molecule has 34 heavy (non-hydrogen) atoms. The lowest BCUT2D eigenvalue weighted by atomic mass is 9.99. The summed E-state index contributed by atoms with van der Waals surface area (Å²) in [5, 5.41) is 6.49. The van der Waals surface area contributed by atoms with Crippen LogP contribution in [-0.4, -0.2) is 18.9 Å². The number of aryl methyl sites for hydroxylation is 1. The van der Waals surface area contributed by atoms with Crippen molar-refractivity contribution in [2.75, 3.05) is 17.7 Å². The number of carbonyl (C=O) groups excluding carboxylic acids is 2. The number of nitrogens with one attached hydrogen (secondary N) is 2. The summed E-state index contributed by atoms with van der Waals surface area (Å²) in [5.74, 6) is 0.156. The van der Waals surface area contributed by atoms with E-state index >= 15 is 0 Å². The molecule has 3 aromatic carbocycles. The maximum Gasteiger partial charge on any atom is 0.248 e. The van der Waals surface area contributed by atoms with Gasteiger partial charge in [0.05, 0.1) is 13.4 Å². The maximum absolute atomic E-state index is 12.7. The van der Waals surface area contributed by atoms with Crippen LogP contribution in [0.1, 0.15) is 25.0 Å². The van der Waals surface area contributed by atoms with Crippen molar-refractivity contribution in [2.45, 2.75) is 20.8 Å². The SMILES string of the molecule is COc1cc2occ(-c3ccc(C)cc3)c2cc1/C(C)=C/C(=O)Nc1cccc(NC(C)=O)c1. The second-order valence-corrected chi connectivity index (χ2v) is 8.14. The number of hydrogen-bond donors (Lipinski definition) is 2. The fraction of sp³-hybridized carbons (Fsp3) is 0.143. The van der Waals surface area contributed by atoms with Gasteiger partial charge in [0.25, 0.3) is 0 Å². The summed E-state index contributed by atoms with van der Waals surface area (Å²) in [7, 11) is 1.59. The predicted octanol–water partition coefficient (Wildman–Crippen LogP) is 6.42. The number of furan rings is 1. The van der Waals surface area contributed by atoms with Crippen LogP contribution in [0.3, 0.4) is 0 Å². The quantitative estimate of drug-likeness (QED) is 0.330. The third kappa shape index (κ3) is 5.02. The summed E-state index contributed by atoms with van der Waals surface area (Å²) in [5.41, 5.74) is 6.66. The molecular formula is C28H26N2O4. The van der Waals surface area contributed by atoms with Crippen LogP contribution >= 0.6 is 0 Å². The molecule has 1 aromatic heterocycles. The Labute approximate surface area is 198 Å². The smallest absolute Gasteiger partial charge is 0.248 e. The van der Waals surface area contributed by atoms with Gasteiger partial charge >= 0.3 is 0 Å². The number of allylic oxidation sites excluding steroid dienone is 1. The first-order valence-electron chi connectivity index (χ1n) is 10.9. The van der Waals surface area contributed by atoms with E-state index < -0.39 is 0 Å². The third-order valence-electron chi connectivity index (χ3n) is 5.48. The minimum Gasteiger partial charge on any atom is -0.496 e. The molecular weight excluding hydrogens is 428 g/mol. The van der Waals surface area contributed by atoms with Gasteiger partial charge in [0.1, 0.15) is 11.3 Å². The molecule has 0 saturated heterocycles. The minimum atomic E-state index is -0.287. The topological polar surface area (TPSA) is 80.6 Å². The Morgan fingerprint density at radius 3 is 2.32 bits per heavy atom. The Balaban J connectivity index is 1.65. The van der Waals surface area contributed by atoms with Crippen LogP contribution < -0.4 is 15.4 Å². The van der Waals surface area contributed by atoms with E-state index in [9.17, 15) is 9.59 Å². The van der Waals surface area contributed by atoms with E-state index in [0.29, 0.717) is 22.7 Å². The summed E-state index contributed by atoms with van der Waals surface area (Å²) in [6.07, 6.45) is 3.27. The number of methoxy groups -OCH3 is 1. The molecule has 2 amide bonds. The molecule has 2 N–H and O–H groups in total. The van der Waals surface area contributed by atoms with E-state index in [4.69, 9.17) is 9.15 Å². The van der Waals surface area contributed by atoms with E-state index in [-0.39, 0.29) is 11.8 Å². The summed E-state index contributed by atoms with van der Waals surface area (Å²) >= 11 is 0. The standard InChI is InChI=1S/C28H26N2O4/c1-17-8-10-20(11-9-17)25-16-34-27-15-26(33-4)23(14-24(25)27)18(2)12-28(32)30-22-7-5-6-21(13-22)29-19(3)31/h5-16H,1-4H3,(H,29,31)(H,30,32)/b18-12+. The highest BCUT2D eigenvalue weighted by molar-refractivity contribution is 6.05. The molecule has 0 aliphatic rings. The van der Waals surface area contributed by atoms with Crippen LogP contribution in [0.15, 0.2) is 77.4 Å². The van der Waals surface area contributed by atoms with Crippen molar-refractivity contribution in [3.63, 3.8) is 0 Å². The van der Waals surface area contributed by atoms with Gasteiger partial charge in [0.15, 0.2) is 0 Å². The lowest BCUT2D eigenvalue weighted by Crippen LogP contribution is -2.10. The highest BCUT2D eigenvalue weighted by atomic mass is 16.5. The van der Waals surface area contributed by atoms with Gasteiger partial charge in [-0.25, -0.2) is 0 Å². The molecule has 4 aromatic rings. The molecule has 6 heteroatoms. The number of fused-ring (bicyclic) bond motifs is 1. The van der Waals surface area contributed by atoms with Crippen molar-refractivity contribution in [3.05, 3.63) is 84.1 Å². The van der Waals surface area contributed by atoms with Crippen LogP contribution in [-0.2, 0) is 9.59 Å². The highest BCUT2D eigenvalue weighted by Crippen LogP contribution is 2.37. The van der Waals surface area contributed by atoms with E-state index in [2.05, 4.69) is 41.8 Å². The van der Waals surface area contributed by atoms with E-state index in [1.807, 2.05) is 19.1 Å². The van der Waals surface area contributed by atoms with Crippen molar-refractivity contribution in [3.8, 4) is 16.9 Å². The van der Waals surface area contributed by atoms with Crippen LogP contribution in [0.5, 0.6) is 5.75 Å². The third-order valence-corrected chi connectivity index (χ3v) is 5.48. The van der Waals surface area contributed by atoms with Gasteiger partial charge in [0, 0.05) is 47.0 Å². The van der Waals surface area contributed by atoms with Gasteiger partial charge in [-0.1, -0.05) is 35.9 Å². The van der Waals surface area contributed by atoms with Gasteiger partial charge in [-0.15, -0.1) is 0 Å². The first kappa shape index (κ1) is 22.9. The largest absolute Gasteiger partial charge is 0.496 e. The number of hydrogen-bond acceptors (Lipinski definition) is 4. The van der Waals surface area contributed by atoms with Crippen LogP contribution in [0, 0.1) is 6.92 Å². The molecule has 1 heterocycles. The van der Waals surface area contributed by atoms with Crippen LogP contribution in [0.2, 0.25) is 0 Å². The van der Waals surface area contributed by atoms with Crippen molar-refractivity contribution in [2.24, 2.45) is 0 Å². The van der Waals surface area contributed by atoms with Gasteiger partial charge in [-0.05, 0) is 49.2 Å². The number of carbonyl (C=O) groups is 2. The molecule has 0 atom stereocenters. The zero-order chi connectivity index (χ0) is 24.2. The molecule has 4 rings (SSSR count). The second kappa shape index (κ2) is 9.67. The van der Waals surface area contributed by atoms with Crippen molar-refractivity contribution >= 4 is 39.7 Å². The number of rotatable bonds is 6. The molecule has 0 unspecified atom stereocenters. The number of ether oxygens (including phenoxy) is 1. The molecule has 0 radical (unpaired) electrons. The lowest BCUT2D eigenvalue weighted by Gasteiger charge is -2.11. The average molecular weight is 455 g/mol. The first-order valence-corrected chi connectivity index (χ1v) is 10.9. The Bertz CT molecular complexity index is 1400. The Morgan fingerprint density at radius 2 is 1.65 bits per heavy atom. The molecule has 0 fully saturated rings. The molecule has 0 aliphatic carbocycles. The molecule has 0 aliphatic heterocycles. The number of amides is 2. The monoisotopic (exact) mass is 454 g/mol. The summed E-state index contributed by atoms with van der Waals surface area (Å²) < 4.78 is 11.4. The maximum atomic E-state index is 12.7. The summed E-state index contributed by atoms with van der Waals surface area (Å²) in [4.78, 5) is 24.0. The lowest BCUT2D eigenvalue weighted by molar-refractivity contribution is -0.114. The van der Waals surface area contributed by atoms with Gasteiger partial charge in [0.2, 0.25) is 11.8 Å². The van der Waals surface area contributed by atoms with E-state index in [1.54, 1.807) is 37.6 Å². The van der Waals surface area contributed by atoms with Crippen molar-refractivity contribution in [1.82, 2.24) is 0 Å². The minimum absolute atomic E-state index is 0.175. The predicted molar refractivity (Wildman–Crippen MR) is 136 cm³/mol. The first-order chi connectivity index (χ1) is 16.3. The zero-order valence-corrected chi connectivity index (χ0v) is 19.6. The normalized spacial score (nSPS) is 11.4. The molecule has 0 spiro atoms. The highest BCUT2D eigenvalue weighted by Gasteiger charge is 2.15. The van der Waals surface area contributed by atoms with Gasteiger partial charge in [-0.2, -0.15) is 0 Å². The molecule has 0 bridgehead atoms. The average Bonchev–Trinajstić information content (AvgIpc) is 3.21. The molecule has 6 nitrogen and oxygen atoms in total. The Hall–Kier alpha value is -4.32. The summed E-state index contributed by atoms with van der Waals surface area (Å²) in [6.45, 7) is 5.35. The van der Waals surface area contributed by atoms with Gasteiger partial charge in [-0.3, -0.25) is 9.59 Å². The zero-order valence-electron chi connectivity index (χ0n) is 19.6. The van der Waals surface area contributed by atoms with Gasteiger partial charge < -0.3 is 19.8 Å². The number of anilines is 2. The van der Waals surface area contributed by atoms with Crippen molar-refractivity contribution < 1.29 is 18.7 Å². The fourth-order valence-corrected chi connectivity index (χ4v) is 3.82. The van der Waals surface area contributed by atoms with Crippen LogP contribution in [0.4, 0.5) is 11.4 Å². The second-order valence-electron chi connectivity index (χ2n) is 8.14. The summed E-state index contributed by atoms with van der Waals surface area (Å²) in [6, 6.07) is 19.1. The fourth-order valence-electron chi connectivity index (χ4n) is 3.82. The Kier molecular flexibility index (Phi) is 6.50. The van der Waals surface area contributed by atoms with E-state index in [0.717, 1.165) is 27.6 Å². The molecule has 172 valence electrons. The number of benzene rings is 3. The van der Waals surface area contributed by atoms with Crippen molar-refractivity contribution in [1.29, 1.82) is 0 Å². The van der Waals surface area contributed by atoms with E-state index in [1.165, 1.54) is 18.6 Å². The Morgan fingerprint density at radius 1 is 0.941 bits per heavy atom.